The molecule has 1 aliphatic rings. The highest BCUT2D eigenvalue weighted by atomic mass is 32.2. The predicted octanol–water partition coefficient (Wildman–Crippen LogP) is 2.87. The first-order valence-corrected chi connectivity index (χ1v) is 11.8. The van der Waals surface area contributed by atoms with E-state index in [-0.39, 0.29) is 19.1 Å². The number of nitrogens with zero attached hydrogens (tertiary/aromatic N) is 5. The third-order valence-electron chi connectivity index (χ3n) is 5.71. The molecule has 0 unspecified atom stereocenters. The fourth-order valence-corrected chi connectivity index (χ4v) is 5.55. The van der Waals surface area contributed by atoms with E-state index in [1.54, 1.807) is 31.7 Å². The number of fused-ring (bicyclic) bond motifs is 1. The van der Waals surface area contributed by atoms with Crippen LogP contribution < -0.4 is 4.90 Å². The summed E-state index contributed by atoms with van der Waals surface area (Å²) in [6.07, 6.45) is 3.40. The third kappa shape index (κ3) is 4.53. The van der Waals surface area contributed by atoms with Gasteiger partial charge in [0.2, 0.25) is 0 Å². The molecule has 0 radical (unpaired) electrons. The van der Waals surface area contributed by atoms with Gasteiger partial charge < -0.3 is 9.88 Å². The number of rotatable bonds is 6. The van der Waals surface area contributed by atoms with Gasteiger partial charge in [0.15, 0.2) is 0 Å². The maximum absolute atomic E-state index is 13.6. The molecule has 3 aromatic rings. The summed E-state index contributed by atoms with van der Waals surface area (Å²) >= 11 is 0. The van der Waals surface area contributed by atoms with Crippen LogP contribution in [0.4, 0.5) is 5.69 Å². The quantitative estimate of drug-likeness (QED) is 0.623. The molecule has 1 N–H and O–H groups in total. The first-order valence-electron chi connectivity index (χ1n) is 10.4. The molecule has 8 nitrogen and oxygen atoms in total. The maximum atomic E-state index is 13.6. The monoisotopic (exact) mass is 450 g/mol. The number of nitriles is 1. The molecule has 0 aliphatic carbocycles. The molecule has 9 heteroatoms. The van der Waals surface area contributed by atoms with E-state index in [2.05, 4.69) is 20.9 Å². The van der Waals surface area contributed by atoms with Crippen LogP contribution in [-0.2, 0) is 29.8 Å². The van der Waals surface area contributed by atoms with Crippen LogP contribution in [0.15, 0.2) is 61.1 Å². The average molecular weight is 451 g/mol. The second-order valence-corrected chi connectivity index (χ2v) is 10.0. The zero-order valence-electron chi connectivity index (χ0n) is 18.1. The molecule has 2 heterocycles. The third-order valence-corrected chi connectivity index (χ3v) is 7.70. The number of aromatic nitrogens is 2. The molecule has 0 saturated heterocycles. The Balaban J connectivity index is 1.67. The van der Waals surface area contributed by atoms with E-state index in [4.69, 9.17) is 0 Å². The lowest BCUT2D eigenvalue weighted by Gasteiger charge is -2.32. The van der Waals surface area contributed by atoms with Crippen molar-refractivity contribution in [2.45, 2.75) is 32.6 Å². The smallest absolute Gasteiger partial charge is 0.282 e. The van der Waals surface area contributed by atoms with Crippen LogP contribution in [0.5, 0.6) is 0 Å². The Morgan fingerprint density at radius 1 is 1.25 bits per heavy atom. The Morgan fingerprint density at radius 3 is 2.72 bits per heavy atom. The van der Waals surface area contributed by atoms with Gasteiger partial charge in [0.1, 0.15) is 0 Å². The van der Waals surface area contributed by atoms with Crippen molar-refractivity contribution in [2.75, 3.05) is 18.5 Å². The van der Waals surface area contributed by atoms with Gasteiger partial charge in [0.25, 0.3) is 10.2 Å². The second kappa shape index (κ2) is 9.12. The minimum Gasteiger partial charge on any atom is -0.364 e. The van der Waals surface area contributed by atoms with Crippen molar-refractivity contribution in [3.05, 3.63) is 83.4 Å². The SMILES string of the molecule is C[C@@H]1CN(Cc2cnc[nH]2)c2ccc(C#N)cc2CN1S(=O)(=O)N(C)Cc1ccccc1. The Morgan fingerprint density at radius 2 is 2.03 bits per heavy atom. The van der Waals surface area contributed by atoms with Crippen molar-refractivity contribution in [3.8, 4) is 6.07 Å². The van der Waals surface area contributed by atoms with Gasteiger partial charge in [-0.1, -0.05) is 30.3 Å². The van der Waals surface area contributed by atoms with Crippen molar-refractivity contribution in [1.82, 2.24) is 18.6 Å². The number of benzene rings is 2. The highest BCUT2D eigenvalue weighted by Gasteiger charge is 2.35. The average Bonchev–Trinajstić information content (AvgIpc) is 3.25. The number of H-pyrrole nitrogens is 1. The van der Waals surface area contributed by atoms with E-state index in [9.17, 15) is 13.7 Å². The van der Waals surface area contributed by atoms with Gasteiger partial charge in [0, 0.05) is 44.6 Å². The molecule has 166 valence electrons. The molecule has 0 saturated carbocycles. The van der Waals surface area contributed by atoms with Crippen LogP contribution in [0.3, 0.4) is 0 Å². The lowest BCUT2D eigenvalue weighted by atomic mass is 10.1. The zero-order chi connectivity index (χ0) is 22.7. The molecular weight excluding hydrogens is 424 g/mol. The van der Waals surface area contributed by atoms with Crippen LogP contribution in [-0.4, -0.2) is 46.6 Å². The summed E-state index contributed by atoms with van der Waals surface area (Å²) in [5, 5.41) is 9.40. The van der Waals surface area contributed by atoms with Gasteiger partial charge in [-0.15, -0.1) is 0 Å². The van der Waals surface area contributed by atoms with Gasteiger partial charge in [-0.3, -0.25) is 0 Å². The minimum absolute atomic E-state index is 0.201. The second-order valence-electron chi connectivity index (χ2n) is 8.06. The number of imidazole rings is 1. The summed E-state index contributed by atoms with van der Waals surface area (Å²) in [5.74, 6) is 0. The Bertz CT molecular complexity index is 1210. The molecule has 0 spiro atoms. The Kier molecular flexibility index (Phi) is 6.28. The lowest BCUT2D eigenvalue weighted by Crippen LogP contribution is -2.48. The number of nitrogens with one attached hydrogen (secondary N) is 1. The van der Waals surface area contributed by atoms with Gasteiger partial charge in [-0.25, -0.2) is 4.98 Å². The highest BCUT2D eigenvalue weighted by Crippen LogP contribution is 2.31. The van der Waals surface area contributed by atoms with E-state index in [1.807, 2.05) is 43.3 Å². The molecule has 0 fully saturated rings. The van der Waals surface area contributed by atoms with Gasteiger partial charge in [-0.2, -0.15) is 22.3 Å². The summed E-state index contributed by atoms with van der Waals surface area (Å²) in [4.78, 5) is 9.35. The molecule has 4 rings (SSSR count). The first kappa shape index (κ1) is 22.0. The molecular formula is C23H26N6O2S. The van der Waals surface area contributed by atoms with E-state index >= 15 is 0 Å². The predicted molar refractivity (Wildman–Crippen MR) is 123 cm³/mol. The van der Waals surface area contributed by atoms with Crippen LogP contribution in [0.1, 0.15) is 29.3 Å². The van der Waals surface area contributed by atoms with Gasteiger partial charge >= 0.3 is 0 Å². The summed E-state index contributed by atoms with van der Waals surface area (Å²) < 4.78 is 30.1. The van der Waals surface area contributed by atoms with Gasteiger partial charge in [0.05, 0.1) is 30.2 Å². The number of anilines is 1. The Labute approximate surface area is 188 Å². The van der Waals surface area contributed by atoms with E-state index < -0.39 is 10.2 Å². The number of hydrogen-bond acceptors (Lipinski definition) is 5. The van der Waals surface area contributed by atoms with E-state index in [0.717, 1.165) is 22.5 Å². The maximum Gasteiger partial charge on any atom is 0.282 e. The van der Waals surface area contributed by atoms with Crippen molar-refractivity contribution >= 4 is 15.9 Å². The minimum atomic E-state index is -3.74. The van der Waals surface area contributed by atoms with Crippen molar-refractivity contribution < 1.29 is 8.42 Å². The number of aromatic amines is 1. The van der Waals surface area contributed by atoms with E-state index in [1.165, 1.54) is 8.61 Å². The fraction of sp³-hybridized carbons (Fsp3) is 0.304. The highest BCUT2D eigenvalue weighted by molar-refractivity contribution is 7.86. The van der Waals surface area contributed by atoms with Crippen LogP contribution in [0.25, 0.3) is 0 Å². The summed E-state index contributed by atoms with van der Waals surface area (Å²) in [6.45, 7) is 3.49. The summed E-state index contributed by atoms with van der Waals surface area (Å²) in [6, 6.07) is 16.9. The molecule has 1 atom stereocenters. The number of hydrogen-bond donors (Lipinski definition) is 1. The normalized spacial score (nSPS) is 17.1. The van der Waals surface area contributed by atoms with E-state index in [0.29, 0.717) is 18.7 Å². The Hall–Kier alpha value is -3.19. The summed E-state index contributed by atoms with van der Waals surface area (Å²) in [5.41, 5.74) is 4.10. The fourth-order valence-electron chi connectivity index (χ4n) is 4.06. The molecule has 1 aliphatic heterocycles. The zero-order valence-corrected chi connectivity index (χ0v) is 19.0. The van der Waals surface area contributed by atoms with Crippen molar-refractivity contribution in [2.24, 2.45) is 0 Å². The topological polar surface area (TPSA) is 96.3 Å². The molecule has 2 aromatic carbocycles. The largest absolute Gasteiger partial charge is 0.364 e. The standard InChI is InChI=1S/C23H26N6O2S/c1-18-13-28(16-22-12-25-17-26-22)23-9-8-20(11-24)10-21(23)15-29(18)32(30,31)27(2)14-19-6-4-3-5-7-19/h3-10,12,17-18H,13-16H2,1-2H3,(H,25,26)/t18-/m1/s1. The molecule has 0 bridgehead atoms. The van der Waals surface area contributed by atoms with Gasteiger partial charge in [-0.05, 0) is 36.2 Å². The summed E-state index contributed by atoms with van der Waals surface area (Å²) in [7, 11) is -2.14. The lowest BCUT2D eigenvalue weighted by molar-refractivity contribution is 0.304. The molecule has 0 amide bonds. The molecule has 1 aromatic heterocycles. The molecule has 32 heavy (non-hydrogen) atoms. The van der Waals surface area contributed by atoms with Crippen molar-refractivity contribution in [3.63, 3.8) is 0 Å². The van der Waals surface area contributed by atoms with Crippen LogP contribution >= 0.6 is 0 Å². The van der Waals surface area contributed by atoms with Crippen LogP contribution in [0.2, 0.25) is 0 Å². The van der Waals surface area contributed by atoms with Crippen LogP contribution in [0, 0.1) is 11.3 Å². The first-order chi connectivity index (χ1) is 15.4. The van der Waals surface area contributed by atoms with Crippen molar-refractivity contribution in [1.29, 1.82) is 5.26 Å².